The predicted molar refractivity (Wildman–Crippen MR) is 201 cm³/mol. The molecule has 2 saturated carbocycles. The van der Waals surface area contributed by atoms with Crippen molar-refractivity contribution in [1.29, 1.82) is 0 Å². The SMILES string of the molecule is COc1ccc(CNc2ncnc3c2ccn3[C@@H]2C[C@H](CN(C)C3CC(CCc4nc5ccc(C6COC6)cc5[nH]4)C3)[C@H]3OC(C)(C)O[C@H]32)c(C)c1. The van der Waals surface area contributed by atoms with E-state index in [4.69, 9.17) is 28.9 Å². The summed E-state index contributed by atoms with van der Waals surface area (Å²) in [6.45, 7) is 9.52. The lowest BCUT2D eigenvalue weighted by atomic mass is 9.76. The van der Waals surface area contributed by atoms with E-state index in [1.165, 1.54) is 36.0 Å². The van der Waals surface area contributed by atoms with E-state index in [1.54, 1.807) is 13.4 Å². The zero-order valence-electron chi connectivity index (χ0n) is 31.0. The smallest absolute Gasteiger partial charge is 0.163 e. The number of nitrogens with one attached hydrogen (secondary N) is 2. The minimum atomic E-state index is -0.614. The summed E-state index contributed by atoms with van der Waals surface area (Å²) in [4.78, 5) is 20.5. The van der Waals surface area contributed by atoms with Gasteiger partial charge in [-0.05, 0) is 106 Å². The Bertz CT molecular complexity index is 2060. The third kappa shape index (κ3) is 6.35. The van der Waals surface area contributed by atoms with Crippen LogP contribution in [0.5, 0.6) is 5.75 Å². The number of imidazole rings is 1. The molecule has 2 N–H and O–H groups in total. The van der Waals surface area contributed by atoms with Gasteiger partial charge in [-0.3, -0.25) is 0 Å². The number of aryl methyl sites for hydroxylation is 2. The van der Waals surface area contributed by atoms with Crippen molar-refractivity contribution in [2.24, 2.45) is 11.8 Å². The van der Waals surface area contributed by atoms with Gasteiger partial charge in [0.05, 0.1) is 48.9 Å². The van der Waals surface area contributed by atoms with Crippen molar-refractivity contribution in [3.05, 3.63) is 77.5 Å². The molecule has 2 aromatic carbocycles. The number of aromatic nitrogens is 5. The molecule has 0 radical (unpaired) electrons. The van der Waals surface area contributed by atoms with E-state index in [-0.39, 0.29) is 18.2 Å². The minimum Gasteiger partial charge on any atom is -0.497 e. The summed E-state index contributed by atoms with van der Waals surface area (Å²) in [6.07, 6.45) is 9.46. The molecule has 3 aromatic heterocycles. The maximum Gasteiger partial charge on any atom is 0.163 e. The van der Waals surface area contributed by atoms with Crippen LogP contribution in [-0.2, 0) is 27.2 Å². The topological polar surface area (TPSA) is 112 Å². The average Bonchev–Trinajstić information content (AvgIpc) is 3.84. The van der Waals surface area contributed by atoms with Gasteiger partial charge in [0.25, 0.3) is 0 Å². The summed E-state index contributed by atoms with van der Waals surface area (Å²) < 4.78 is 26.3. The molecule has 4 atom stereocenters. The molecule has 0 amide bonds. The molecule has 5 heterocycles. The van der Waals surface area contributed by atoms with Gasteiger partial charge in [-0.15, -0.1) is 0 Å². The molecule has 11 nitrogen and oxygen atoms in total. The maximum atomic E-state index is 6.63. The highest BCUT2D eigenvalue weighted by Gasteiger charge is 2.55. The number of rotatable bonds is 12. The van der Waals surface area contributed by atoms with Crippen LogP contribution in [0.1, 0.15) is 74.0 Å². The van der Waals surface area contributed by atoms with Crippen LogP contribution in [0.3, 0.4) is 0 Å². The number of ether oxygens (including phenoxy) is 4. The Balaban J connectivity index is 0.829. The standard InChI is InChI=1S/C41H51N7O4/c1-24-14-31(49-5)9-7-27(24)19-42-39-32-12-13-48(40(32)44-23-43-39)35-18-28(37-38(35)52-41(2,3)51-37)20-47(4)30-15-25(16-30)6-11-36-45-33-10-8-26(17-34(33)46-36)29-21-50-22-29/h7-10,12-14,17,23,25,28-30,35,37-38H,6,11,15-16,18-22H2,1-5H3,(H,45,46)(H,42,43,44)/t25?,28-,30?,35-,37-,38+/m1/s1. The summed E-state index contributed by atoms with van der Waals surface area (Å²) in [5, 5.41) is 4.58. The van der Waals surface area contributed by atoms with E-state index in [0.717, 1.165) is 78.0 Å². The van der Waals surface area contributed by atoms with Crippen LogP contribution in [0.4, 0.5) is 5.82 Å². The van der Waals surface area contributed by atoms with Crippen molar-refractivity contribution in [3.8, 4) is 5.75 Å². The largest absolute Gasteiger partial charge is 0.497 e. The fourth-order valence-electron chi connectivity index (χ4n) is 9.10. The second-order valence-electron chi connectivity index (χ2n) is 16.1. The number of H-pyrrole nitrogens is 1. The van der Waals surface area contributed by atoms with Gasteiger partial charge in [0.1, 0.15) is 35.5 Å². The number of benzene rings is 2. The molecule has 0 unspecified atom stereocenters. The molecule has 274 valence electrons. The second-order valence-corrected chi connectivity index (χ2v) is 16.1. The molecule has 2 saturated heterocycles. The third-order valence-electron chi connectivity index (χ3n) is 12.2. The number of methoxy groups -OCH3 is 1. The number of hydrogen-bond acceptors (Lipinski definition) is 9. The minimum absolute atomic E-state index is 0.0339. The molecule has 0 spiro atoms. The van der Waals surface area contributed by atoms with E-state index in [9.17, 15) is 0 Å². The molecule has 2 aliphatic heterocycles. The molecule has 2 aliphatic carbocycles. The first-order valence-electron chi connectivity index (χ1n) is 19.0. The molecule has 11 heteroatoms. The van der Waals surface area contributed by atoms with E-state index < -0.39 is 5.79 Å². The van der Waals surface area contributed by atoms with Gasteiger partial charge < -0.3 is 38.7 Å². The van der Waals surface area contributed by atoms with Crippen molar-refractivity contribution in [3.63, 3.8) is 0 Å². The Hall–Kier alpha value is -4.03. The summed E-state index contributed by atoms with van der Waals surface area (Å²) in [5.74, 6) is 3.82. The zero-order valence-corrected chi connectivity index (χ0v) is 31.0. The lowest BCUT2D eigenvalue weighted by molar-refractivity contribution is -0.161. The Morgan fingerprint density at radius 1 is 1.04 bits per heavy atom. The number of nitrogens with zero attached hydrogens (tertiary/aromatic N) is 5. The van der Waals surface area contributed by atoms with Crippen LogP contribution in [-0.4, -0.2) is 87.4 Å². The number of aromatic amines is 1. The Morgan fingerprint density at radius 2 is 1.88 bits per heavy atom. The van der Waals surface area contributed by atoms with Crippen molar-refractivity contribution in [2.75, 3.05) is 39.2 Å². The third-order valence-corrected chi connectivity index (χ3v) is 12.2. The molecule has 4 aliphatic rings. The zero-order chi connectivity index (χ0) is 35.6. The van der Waals surface area contributed by atoms with Gasteiger partial charge in [-0.2, -0.15) is 0 Å². The van der Waals surface area contributed by atoms with Crippen LogP contribution in [0.2, 0.25) is 0 Å². The number of fused-ring (bicyclic) bond motifs is 3. The summed E-state index contributed by atoms with van der Waals surface area (Å²) in [5.41, 5.74) is 6.88. The first-order chi connectivity index (χ1) is 25.2. The Morgan fingerprint density at radius 3 is 2.67 bits per heavy atom. The van der Waals surface area contributed by atoms with Crippen LogP contribution in [0.15, 0.2) is 55.0 Å². The van der Waals surface area contributed by atoms with Gasteiger partial charge in [0.2, 0.25) is 0 Å². The summed E-state index contributed by atoms with van der Waals surface area (Å²) >= 11 is 0. The van der Waals surface area contributed by atoms with E-state index in [1.807, 2.05) is 19.9 Å². The quantitative estimate of drug-likeness (QED) is 0.145. The number of anilines is 1. The fraction of sp³-hybridized carbons (Fsp3) is 0.537. The normalized spacial score (nSPS) is 26.9. The highest BCUT2D eigenvalue weighted by Crippen LogP contribution is 2.48. The second kappa shape index (κ2) is 13.4. The number of hydrogen-bond donors (Lipinski definition) is 2. The molecule has 52 heavy (non-hydrogen) atoms. The van der Waals surface area contributed by atoms with E-state index in [2.05, 4.69) is 81.3 Å². The van der Waals surface area contributed by atoms with Crippen molar-refractivity contribution in [1.82, 2.24) is 29.4 Å². The lowest BCUT2D eigenvalue weighted by Gasteiger charge is -2.42. The van der Waals surface area contributed by atoms with Crippen molar-refractivity contribution < 1.29 is 18.9 Å². The van der Waals surface area contributed by atoms with Crippen LogP contribution in [0, 0.1) is 18.8 Å². The first-order valence-corrected chi connectivity index (χ1v) is 19.0. The predicted octanol–water partition coefficient (Wildman–Crippen LogP) is 6.77. The van der Waals surface area contributed by atoms with Crippen molar-refractivity contribution >= 4 is 27.9 Å². The highest BCUT2D eigenvalue weighted by atomic mass is 16.8. The summed E-state index contributed by atoms with van der Waals surface area (Å²) in [6, 6.07) is 15.7. The van der Waals surface area contributed by atoms with Crippen LogP contribution < -0.4 is 10.1 Å². The van der Waals surface area contributed by atoms with Crippen LogP contribution in [0.25, 0.3) is 22.1 Å². The van der Waals surface area contributed by atoms with Gasteiger partial charge in [-0.25, -0.2) is 15.0 Å². The lowest BCUT2D eigenvalue weighted by Crippen LogP contribution is -2.46. The Kier molecular flexibility index (Phi) is 8.73. The highest BCUT2D eigenvalue weighted by molar-refractivity contribution is 5.87. The fourth-order valence-corrected chi connectivity index (χ4v) is 9.10. The van der Waals surface area contributed by atoms with Gasteiger partial charge >= 0.3 is 0 Å². The summed E-state index contributed by atoms with van der Waals surface area (Å²) in [7, 11) is 4.00. The first kappa shape index (κ1) is 33.8. The Labute approximate surface area is 305 Å². The van der Waals surface area contributed by atoms with Gasteiger partial charge in [0.15, 0.2) is 5.79 Å². The van der Waals surface area contributed by atoms with E-state index in [0.29, 0.717) is 24.4 Å². The maximum absolute atomic E-state index is 6.63. The van der Waals surface area contributed by atoms with Gasteiger partial charge in [-0.1, -0.05) is 12.1 Å². The monoisotopic (exact) mass is 705 g/mol. The molecule has 9 rings (SSSR count). The van der Waals surface area contributed by atoms with Crippen LogP contribution >= 0.6 is 0 Å². The molecule has 4 fully saturated rings. The molecule has 0 bridgehead atoms. The molecule has 5 aromatic rings. The van der Waals surface area contributed by atoms with E-state index >= 15 is 0 Å². The van der Waals surface area contributed by atoms with Gasteiger partial charge in [0, 0.05) is 43.6 Å². The molecular formula is C41H51N7O4. The average molecular weight is 706 g/mol. The molecular weight excluding hydrogens is 654 g/mol. The van der Waals surface area contributed by atoms with Crippen molar-refractivity contribution in [2.45, 2.75) is 95.4 Å².